The zero-order valence-electron chi connectivity index (χ0n) is 21.3. The third-order valence-electron chi connectivity index (χ3n) is 7.64. The average Bonchev–Trinajstić information content (AvgIpc) is 3.76. The topological polar surface area (TPSA) is 123 Å². The van der Waals surface area contributed by atoms with Crippen LogP contribution in [0.2, 0.25) is 0 Å². The van der Waals surface area contributed by atoms with Crippen molar-refractivity contribution >= 4 is 44.1 Å². The van der Waals surface area contributed by atoms with Gasteiger partial charge in [-0.1, -0.05) is 77.8 Å². The number of benzene rings is 4. The van der Waals surface area contributed by atoms with Gasteiger partial charge in [0.25, 0.3) is 5.82 Å². The van der Waals surface area contributed by atoms with Crippen molar-refractivity contribution in [1.82, 2.24) is 34.9 Å². The van der Waals surface area contributed by atoms with Crippen LogP contribution in [0.3, 0.4) is 0 Å². The Labute approximate surface area is 231 Å². The first-order valence-electron chi connectivity index (χ1n) is 13.2. The van der Waals surface area contributed by atoms with Crippen molar-refractivity contribution in [2.24, 2.45) is 0 Å². The summed E-state index contributed by atoms with van der Waals surface area (Å²) in [6, 6.07) is 31.1. The molecule has 41 heavy (non-hydrogen) atoms. The number of H-pyrrole nitrogens is 2. The minimum absolute atomic E-state index is 0.255. The van der Waals surface area contributed by atoms with Crippen LogP contribution in [-0.4, -0.2) is 34.9 Å². The highest BCUT2D eigenvalue weighted by molar-refractivity contribution is 6.05. The van der Waals surface area contributed by atoms with Crippen LogP contribution >= 0.6 is 0 Å². The molecule has 2 N–H and O–H groups in total. The van der Waals surface area contributed by atoms with E-state index < -0.39 is 0 Å². The molecule has 2 aliphatic heterocycles. The van der Waals surface area contributed by atoms with Crippen molar-refractivity contribution in [2.75, 3.05) is 0 Å². The highest BCUT2D eigenvalue weighted by atomic mass is 16.5. The van der Waals surface area contributed by atoms with Gasteiger partial charge in [-0.25, -0.2) is 14.7 Å². The van der Waals surface area contributed by atoms with Gasteiger partial charge in [0.1, 0.15) is 11.3 Å². The summed E-state index contributed by atoms with van der Waals surface area (Å²) in [4.78, 5) is 31.2. The molecule has 192 valence electrons. The largest absolute Gasteiger partial charge is 0.740 e. The van der Waals surface area contributed by atoms with E-state index in [-0.39, 0.29) is 5.82 Å². The number of nitrogens with zero attached hydrogens (tertiary/aromatic N) is 6. The van der Waals surface area contributed by atoms with Crippen molar-refractivity contribution in [3.8, 4) is 45.6 Å². The molecule has 0 unspecified atom stereocenters. The van der Waals surface area contributed by atoms with Crippen molar-refractivity contribution in [2.45, 2.75) is 0 Å². The summed E-state index contributed by atoms with van der Waals surface area (Å²) in [7, 11) is 0. The lowest BCUT2D eigenvalue weighted by atomic mass is 10.1. The molecular weight excluding hydrogens is 512 g/mol. The van der Waals surface area contributed by atoms with E-state index in [4.69, 9.17) is 24.9 Å². The molecule has 0 radical (unpaired) electrons. The Bertz CT molecular complexity index is 2410. The first-order valence-corrected chi connectivity index (χ1v) is 13.2. The van der Waals surface area contributed by atoms with Crippen LogP contribution in [0.25, 0.3) is 89.7 Å². The van der Waals surface area contributed by atoms with E-state index in [0.717, 1.165) is 43.0 Å². The molecular formula is C32H18N8O. The lowest BCUT2D eigenvalue weighted by Crippen LogP contribution is -2.29. The van der Waals surface area contributed by atoms with Crippen LogP contribution in [0, 0.1) is 5.21 Å². The molecule has 8 bridgehead atoms. The van der Waals surface area contributed by atoms with Crippen LogP contribution in [0.1, 0.15) is 0 Å². The molecule has 9 rings (SSSR count). The molecule has 2 aliphatic rings. The SMILES string of the molecule is [O-][n+]1c2nc(nc3[nH]c(nc4nc(nc5[nH]c1c1ccccc51)-c1ccccc1-4)c1ccccc31)-c1ccccc1-2. The van der Waals surface area contributed by atoms with Gasteiger partial charge in [-0.15, -0.1) is 0 Å². The minimum Gasteiger partial charge on any atom is -0.740 e. The van der Waals surface area contributed by atoms with E-state index in [1.54, 1.807) is 0 Å². The fourth-order valence-corrected chi connectivity index (χ4v) is 5.73. The summed E-state index contributed by atoms with van der Waals surface area (Å²) in [6.45, 7) is 0. The fourth-order valence-electron chi connectivity index (χ4n) is 5.73. The second-order valence-electron chi connectivity index (χ2n) is 9.97. The Morgan fingerprint density at radius 3 is 1.44 bits per heavy atom. The highest BCUT2D eigenvalue weighted by Crippen LogP contribution is 2.36. The van der Waals surface area contributed by atoms with Gasteiger partial charge in [-0.2, -0.15) is 9.97 Å². The van der Waals surface area contributed by atoms with E-state index in [0.29, 0.717) is 45.6 Å². The monoisotopic (exact) mass is 530 g/mol. The second kappa shape index (κ2) is 8.03. The third-order valence-corrected chi connectivity index (χ3v) is 7.64. The lowest BCUT2D eigenvalue weighted by Gasteiger charge is -2.05. The van der Waals surface area contributed by atoms with E-state index in [1.165, 1.54) is 0 Å². The Hall–Kier alpha value is -5.96. The maximum Gasteiger partial charge on any atom is 0.273 e. The number of hydrogen-bond donors (Lipinski definition) is 2. The Balaban J connectivity index is 1.54. The van der Waals surface area contributed by atoms with Crippen molar-refractivity contribution in [3.63, 3.8) is 0 Å². The van der Waals surface area contributed by atoms with Gasteiger partial charge < -0.3 is 10.2 Å². The zero-order chi connectivity index (χ0) is 27.1. The Kier molecular flexibility index (Phi) is 4.29. The van der Waals surface area contributed by atoms with Crippen LogP contribution in [0.5, 0.6) is 0 Å². The smallest absolute Gasteiger partial charge is 0.273 e. The van der Waals surface area contributed by atoms with E-state index in [9.17, 15) is 5.21 Å². The molecule has 0 saturated carbocycles. The summed E-state index contributed by atoms with van der Waals surface area (Å²) in [5.74, 6) is 1.76. The van der Waals surface area contributed by atoms with Crippen LogP contribution < -0.4 is 4.73 Å². The molecule has 0 fully saturated rings. The van der Waals surface area contributed by atoms with Gasteiger partial charge in [0.2, 0.25) is 11.5 Å². The number of hydrogen-bond acceptors (Lipinski definition) is 6. The number of aromatic amines is 2. The maximum atomic E-state index is 14.1. The Morgan fingerprint density at radius 2 is 0.854 bits per heavy atom. The number of aromatic nitrogens is 8. The van der Waals surface area contributed by atoms with E-state index in [1.807, 2.05) is 97.1 Å². The van der Waals surface area contributed by atoms with Crippen molar-refractivity contribution in [1.29, 1.82) is 0 Å². The Morgan fingerprint density at radius 1 is 0.439 bits per heavy atom. The highest BCUT2D eigenvalue weighted by Gasteiger charge is 2.26. The molecule has 0 spiro atoms. The molecule has 3 aromatic heterocycles. The van der Waals surface area contributed by atoms with Gasteiger partial charge in [-0.3, -0.25) is 4.98 Å². The summed E-state index contributed by atoms with van der Waals surface area (Å²) in [6.07, 6.45) is 0. The summed E-state index contributed by atoms with van der Waals surface area (Å²) in [5, 5.41) is 17.4. The third kappa shape index (κ3) is 3.11. The molecule has 0 amide bonds. The molecule has 0 atom stereocenters. The molecule has 7 aromatic rings. The molecule has 9 heteroatoms. The van der Waals surface area contributed by atoms with Crippen LogP contribution in [0.15, 0.2) is 97.1 Å². The van der Waals surface area contributed by atoms with Crippen molar-refractivity contribution in [3.05, 3.63) is 102 Å². The quantitative estimate of drug-likeness (QED) is 0.180. The first kappa shape index (κ1) is 21.9. The van der Waals surface area contributed by atoms with Gasteiger partial charge >= 0.3 is 0 Å². The number of nitrogens with one attached hydrogen (secondary N) is 2. The number of fused-ring (bicyclic) bond motifs is 20. The lowest BCUT2D eigenvalue weighted by molar-refractivity contribution is -0.569. The average molecular weight is 531 g/mol. The second-order valence-corrected chi connectivity index (χ2v) is 9.97. The summed E-state index contributed by atoms with van der Waals surface area (Å²) < 4.78 is 0.837. The summed E-state index contributed by atoms with van der Waals surface area (Å²) >= 11 is 0. The van der Waals surface area contributed by atoms with Gasteiger partial charge in [0.05, 0.1) is 16.5 Å². The fraction of sp³-hybridized carbons (Fsp3) is 0. The summed E-state index contributed by atoms with van der Waals surface area (Å²) in [5.41, 5.74) is 5.34. The van der Waals surface area contributed by atoms with E-state index >= 15 is 0 Å². The molecule has 9 nitrogen and oxygen atoms in total. The van der Waals surface area contributed by atoms with Gasteiger partial charge in [0.15, 0.2) is 17.3 Å². The van der Waals surface area contributed by atoms with Gasteiger partial charge in [-0.05, 0) is 24.3 Å². The number of rotatable bonds is 0. The van der Waals surface area contributed by atoms with Crippen LogP contribution in [-0.2, 0) is 0 Å². The van der Waals surface area contributed by atoms with Gasteiger partial charge in [0, 0.05) is 27.3 Å². The minimum atomic E-state index is 0.255. The zero-order valence-corrected chi connectivity index (χ0v) is 21.3. The normalized spacial score (nSPS) is 12.0. The molecule has 0 saturated heterocycles. The van der Waals surface area contributed by atoms with Crippen LogP contribution in [0.4, 0.5) is 0 Å². The molecule has 4 aromatic carbocycles. The van der Waals surface area contributed by atoms with Crippen molar-refractivity contribution < 1.29 is 4.73 Å². The van der Waals surface area contributed by atoms with E-state index in [2.05, 4.69) is 9.97 Å². The standard InChI is InChI=1S/C32H18N8O/c41-40-31-23-15-7-5-13-21(23)29(38-31)36-27-19-11-3-1-9-17(19)25(34-27)33-26-18-10-2-4-12-20(18)28(35-26)37-30-22-14-6-8-16-24(22)32(40)39-30/h1-16H,(H2,33,34,35,36,37,38,39). The predicted octanol–water partition coefficient (Wildman–Crippen LogP) is 6.11. The molecule has 5 heterocycles. The predicted molar refractivity (Wildman–Crippen MR) is 157 cm³/mol. The molecule has 0 aliphatic carbocycles. The maximum absolute atomic E-state index is 14.1. The first-order chi connectivity index (χ1) is 20.2.